The van der Waals surface area contributed by atoms with E-state index in [-0.39, 0.29) is 11.8 Å². The molecule has 1 amide bonds. The summed E-state index contributed by atoms with van der Waals surface area (Å²) >= 11 is 6.19. The van der Waals surface area contributed by atoms with Crippen molar-refractivity contribution in [2.75, 3.05) is 0 Å². The van der Waals surface area contributed by atoms with Crippen LogP contribution in [0.25, 0.3) is 5.69 Å². The van der Waals surface area contributed by atoms with Crippen LogP contribution < -0.4 is 10.1 Å². The first kappa shape index (κ1) is 18.0. The van der Waals surface area contributed by atoms with E-state index in [9.17, 15) is 4.79 Å². The highest BCUT2D eigenvalue weighted by Crippen LogP contribution is 2.25. The molecular formula is C18H20ClN5O2. The number of nitrogens with zero attached hydrogens (tertiary/aromatic N) is 4. The van der Waals surface area contributed by atoms with E-state index in [1.165, 1.54) is 0 Å². The van der Waals surface area contributed by atoms with Crippen LogP contribution >= 0.6 is 11.6 Å². The second kappa shape index (κ2) is 7.61. The van der Waals surface area contributed by atoms with Crippen molar-refractivity contribution in [3.05, 3.63) is 59.0 Å². The van der Waals surface area contributed by atoms with Gasteiger partial charge in [-0.15, -0.1) is 5.10 Å². The highest BCUT2D eigenvalue weighted by molar-refractivity contribution is 6.31. The number of aromatic nitrogens is 4. The molecule has 0 radical (unpaired) electrons. The van der Waals surface area contributed by atoms with Gasteiger partial charge in [0.2, 0.25) is 0 Å². The van der Waals surface area contributed by atoms with E-state index in [0.29, 0.717) is 11.6 Å². The minimum absolute atomic E-state index is 0.217. The summed E-state index contributed by atoms with van der Waals surface area (Å²) in [7, 11) is 1.84. The highest BCUT2D eigenvalue weighted by atomic mass is 35.5. The second-order valence-corrected chi connectivity index (χ2v) is 6.35. The lowest BCUT2D eigenvalue weighted by atomic mass is 10.3. The van der Waals surface area contributed by atoms with Gasteiger partial charge < -0.3 is 10.1 Å². The molecule has 3 aromatic rings. The number of hydrogen-bond donors (Lipinski definition) is 1. The Morgan fingerprint density at radius 1 is 1.31 bits per heavy atom. The molecule has 0 unspecified atom stereocenters. The maximum Gasteiger partial charge on any atom is 0.261 e. The SMILES string of the molecule is Cc1cc(CNC(=O)[C@@H](C)Oc2nn(-c3ccccc3)cc2Cl)n(C)n1. The summed E-state index contributed by atoms with van der Waals surface area (Å²) < 4.78 is 8.98. The number of para-hydroxylation sites is 1. The average Bonchev–Trinajstić information content (AvgIpc) is 3.15. The number of ether oxygens (including phenoxy) is 1. The lowest BCUT2D eigenvalue weighted by Crippen LogP contribution is -2.36. The third kappa shape index (κ3) is 4.05. The topological polar surface area (TPSA) is 74.0 Å². The largest absolute Gasteiger partial charge is 0.462 e. The van der Waals surface area contributed by atoms with Gasteiger partial charge in [0.25, 0.3) is 11.8 Å². The molecule has 1 N–H and O–H groups in total. The Bertz CT molecular complexity index is 904. The van der Waals surface area contributed by atoms with Crippen LogP contribution in [-0.2, 0) is 18.4 Å². The molecule has 2 heterocycles. The smallest absolute Gasteiger partial charge is 0.261 e. The number of aryl methyl sites for hydroxylation is 2. The first-order chi connectivity index (χ1) is 12.4. The fraction of sp³-hybridized carbons (Fsp3) is 0.278. The zero-order valence-corrected chi connectivity index (χ0v) is 15.6. The van der Waals surface area contributed by atoms with E-state index in [4.69, 9.17) is 16.3 Å². The van der Waals surface area contributed by atoms with Gasteiger partial charge in [0.1, 0.15) is 5.02 Å². The minimum atomic E-state index is -0.735. The van der Waals surface area contributed by atoms with Crippen molar-refractivity contribution in [1.82, 2.24) is 24.9 Å². The van der Waals surface area contributed by atoms with Crippen LogP contribution in [0.5, 0.6) is 5.88 Å². The molecule has 2 aromatic heterocycles. The van der Waals surface area contributed by atoms with Gasteiger partial charge in [0.15, 0.2) is 6.10 Å². The summed E-state index contributed by atoms with van der Waals surface area (Å²) in [5.41, 5.74) is 2.67. The van der Waals surface area contributed by atoms with E-state index in [2.05, 4.69) is 15.5 Å². The third-order valence-electron chi connectivity index (χ3n) is 3.86. The van der Waals surface area contributed by atoms with Gasteiger partial charge in [0, 0.05) is 7.05 Å². The Labute approximate surface area is 156 Å². The van der Waals surface area contributed by atoms with Crippen molar-refractivity contribution in [3.8, 4) is 11.6 Å². The second-order valence-electron chi connectivity index (χ2n) is 5.94. The lowest BCUT2D eigenvalue weighted by Gasteiger charge is -2.13. The Morgan fingerprint density at radius 2 is 2.04 bits per heavy atom. The van der Waals surface area contributed by atoms with Crippen LogP contribution in [0.2, 0.25) is 5.02 Å². The van der Waals surface area contributed by atoms with Crippen molar-refractivity contribution in [1.29, 1.82) is 0 Å². The lowest BCUT2D eigenvalue weighted by molar-refractivity contribution is -0.127. The van der Waals surface area contributed by atoms with Gasteiger partial charge >= 0.3 is 0 Å². The molecular weight excluding hydrogens is 354 g/mol. The predicted molar refractivity (Wildman–Crippen MR) is 98.5 cm³/mol. The Balaban J connectivity index is 1.62. The van der Waals surface area contributed by atoms with E-state index >= 15 is 0 Å². The van der Waals surface area contributed by atoms with Gasteiger partial charge in [-0.2, -0.15) is 5.10 Å². The van der Waals surface area contributed by atoms with Gasteiger partial charge in [-0.25, -0.2) is 4.68 Å². The fourth-order valence-corrected chi connectivity index (χ4v) is 2.68. The quantitative estimate of drug-likeness (QED) is 0.720. The highest BCUT2D eigenvalue weighted by Gasteiger charge is 2.19. The molecule has 0 saturated carbocycles. The monoisotopic (exact) mass is 373 g/mol. The number of hydrogen-bond acceptors (Lipinski definition) is 4. The summed E-state index contributed by atoms with van der Waals surface area (Å²) in [6, 6.07) is 11.5. The normalized spacial score (nSPS) is 12.0. The third-order valence-corrected chi connectivity index (χ3v) is 4.12. The minimum Gasteiger partial charge on any atom is -0.462 e. The Hall–Kier alpha value is -2.80. The zero-order valence-electron chi connectivity index (χ0n) is 14.8. The zero-order chi connectivity index (χ0) is 18.7. The molecule has 0 aliphatic heterocycles. The molecule has 7 nitrogen and oxygen atoms in total. The molecule has 0 bridgehead atoms. The van der Waals surface area contributed by atoms with Crippen LogP contribution in [0.4, 0.5) is 0 Å². The Kier molecular flexibility index (Phi) is 5.27. The van der Waals surface area contributed by atoms with Gasteiger partial charge in [-0.3, -0.25) is 9.48 Å². The average molecular weight is 374 g/mol. The van der Waals surface area contributed by atoms with E-state index in [1.54, 1.807) is 22.5 Å². The van der Waals surface area contributed by atoms with E-state index < -0.39 is 6.10 Å². The van der Waals surface area contributed by atoms with Crippen LogP contribution in [-0.4, -0.2) is 31.6 Å². The Morgan fingerprint density at radius 3 is 2.69 bits per heavy atom. The summed E-state index contributed by atoms with van der Waals surface area (Å²) in [6.07, 6.45) is 0.913. The van der Waals surface area contributed by atoms with Gasteiger partial charge in [0.05, 0.1) is 29.8 Å². The standard InChI is InChI=1S/C18H20ClN5O2/c1-12-9-15(23(3)21-12)10-20-17(25)13(2)26-18-16(19)11-24(22-18)14-7-5-4-6-8-14/h4-9,11,13H,10H2,1-3H3,(H,20,25)/t13-/m1/s1. The first-order valence-corrected chi connectivity index (χ1v) is 8.56. The fourth-order valence-electron chi connectivity index (χ4n) is 2.50. The number of benzene rings is 1. The summed E-state index contributed by atoms with van der Waals surface area (Å²) in [5.74, 6) is -0.0382. The van der Waals surface area contributed by atoms with Crippen molar-refractivity contribution < 1.29 is 9.53 Å². The van der Waals surface area contributed by atoms with Crippen LogP contribution in [0.15, 0.2) is 42.6 Å². The van der Waals surface area contributed by atoms with Crippen LogP contribution in [0.1, 0.15) is 18.3 Å². The molecule has 1 atom stereocenters. The number of amides is 1. The maximum atomic E-state index is 12.3. The molecule has 3 rings (SSSR count). The molecule has 0 fully saturated rings. The number of rotatable bonds is 6. The molecule has 1 aromatic carbocycles. The van der Waals surface area contributed by atoms with Crippen molar-refractivity contribution in [2.45, 2.75) is 26.5 Å². The molecule has 0 aliphatic carbocycles. The molecule has 0 saturated heterocycles. The first-order valence-electron chi connectivity index (χ1n) is 8.18. The van der Waals surface area contributed by atoms with Gasteiger partial charge in [-0.05, 0) is 32.0 Å². The summed E-state index contributed by atoms with van der Waals surface area (Å²) in [4.78, 5) is 12.3. The molecule has 0 aliphatic rings. The molecule has 0 spiro atoms. The van der Waals surface area contributed by atoms with E-state index in [0.717, 1.165) is 17.1 Å². The number of nitrogens with one attached hydrogen (secondary N) is 1. The molecule has 8 heteroatoms. The molecule has 136 valence electrons. The number of carbonyl (C=O) groups excluding carboxylic acids is 1. The number of halogens is 1. The van der Waals surface area contributed by atoms with E-state index in [1.807, 2.05) is 50.4 Å². The van der Waals surface area contributed by atoms with Gasteiger partial charge in [-0.1, -0.05) is 29.8 Å². The van der Waals surface area contributed by atoms with Crippen molar-refractivity contribution in [3.63, 3.8) is 0 Å². The van der Waals surface area contributed by atoms with Crippen LogP contribution in [0, 0.1) is 6.92 Å². The molecule has 26 heavy (non-hydrogen) atoms. The van der Waals surface area contributed by atoms with Crippen molar-refractivity contribution in [2.24, 2.45) is 7.05 Å². The summed E-state index contributed by atoms with van der Waals surface area (Å²) in [5, 5.41) is 11.7. The van der Waals surface area contributed by atoms with Crippen LogP contribution in [0.3, 0.4) is 0 Å². The maximum absolute atomic E-state index is 12.3. The predicted octanol–water partition coefficient (Wildman–Crippen LogP) is 2.65. The van der Waals surface area contributed by atoms with Crippen molar-refractivity contribution >= 4 is 17.5 Å². The number of carbonyl (C=O) groups is 1. The summed E-state index contributed by atoms with van der Waals surface area (Å²) in [6.45, 7) is 3.93.